The molecule has 0 aromatic heterocycles. The molecule has 2 aromatic carbocycles. The number of nitro benzene ring substituents is 1. The van der Waals surface area contributed by atoms with Gasteiger partial charge in [0, 0.05) is 35.1 Å². The number of fused-ring (bicyclic) bond motifs is 1. The molecule has 6 heteroatoms. The number of aliphatic imine (C=N–C) groups is 1. The number of carbonyl (C=O) groups is 1. The van der Waals surface area contributed by atoms with E-state index in [9.17, 15) is 14.9 Å². The van der Waals surface area contributed by atoms with Gasteiger partial charge in [0.1, 0.15) is 11.4 Å². The molecule has 2 aliphatic rings. The van der Waals surface area contributed by atoms with Crippen molar-refractivity contribution in [1.29, 1.82) is 0 Å². The van der Waals surface area contributed by atoms with Gasteiger partial charge >= 0.3 is 0 Å². The standard InChI is InChI=1S/C21H20N2O4/c1-14(24)21(11-12-21)13-20(2)17-5-3-4-6-18(17)22-19(27-20)15-7-9-16(10-8-15)23(25)26/h3-10H,11-13H2,1-2H3. The summed E-state index contributed by atoms with van der Waals surface area (Å²) < 4.78 is 6.34. The van der Waals surface area contributed by atoms with Crippen molar-refractivity contribution in [3.63, 3.8) is 0 Å². The Kier molecular flexibility index (Phi) is 3.87. The highest BCUT2D eigenvalue weighted by molar-refractivity contribution is 5.97. The summed E-state index contributed by atoms with van der Waals surface area (Å²) in [5.41, 5.74) is 1.46. The van der Waals surface area contributed by atoms with Crippen molar-refractivity contribution < 1.29 is 14.5 Å². The zero-order valence-corrected chi connectivity index (χ0v) is 15.3. The van der Waals surface area contributed by atoms with E-state index in [-0.39, 0.29) is 16.9 Å². The number of benzene rings is 2. The van der Waals surface area contributed by atoms with E-state index in [1.807, 2.05) is 31.2 Å². The van der Waals surface area contributed by atoms with Crippen LogP contribution in [-0.2, 0) is 15.1 Å². The average Bonchev–Trinajstić information content (AvgIpc) is 3.42. The molecule has 1 saturated carbocycles. The highest BCUT2D eigenvalue weighted by Gasteiger charge is 2.53. The third-order valence-corrected chi connectivity index (χ3v) is 5.62. The van der Waals surface area contributed by atoms with Gasteiger partial charge in [0.25, 0.3) is 5.69 Å². The molecule has 138 valence electrons. The summed E-state index contributed by atoms with van der Waals surface area (Å²) in [6.07, 6.45) is 2.36. The maximum Gasteiger partial charge on any atom is 0.269 e. The Bertz CT molecular complexity index is 960. The Morgan fingerprint density at radius 3 is 2.44 bits per heavy atom. The highest BCUT2D eigenvalue weighted by Crippen LogP contribution is 2.56. The lowest BCUT2D eigenvalue weighted by molar-refractivity contribution is -0.384. The van der Waals surface area contributed by atoms with Crippen LogP contribution in [0.3, 0.4) is 0 Å². The van der Waals surface area contributed by atoms with E-state index in [2.05, 4.69) is 4.99 Å². The molecule has 0 radical (unpaired) electrons. The van der Waals surface area contributed by atoms with Gasteiger partial charge in [0.2, 0.25) is 5.90 Å². The molecular weight excluding hydrogens is 344 g/mol. The van der Waals surface area contributed by atoms with E-state index < -0.39 is 10.5 Å². The fraction of sp³-hybridized carbons (Fsp3) is 0.333. The maximum absolute atomic E-state index is 12.2. The second kappa shape index (κ2) is 6.01. The number of para-hydroxylation sites is 1. The lowest BCUT2D eigenvalue weighted by Crippen LogP contribution is -2.36. The quantitative estimate of drug-likeness (QED) is 0.570. The van der Waals surface area contributed by atoms with Crippen LogP contribution in [0.4, 0.5) is 11.4 Å². The van der Waals surface area contributed by atoms with E-state index >= 15 is 0 Å². The predicted octanol–water partition coefficient (Wildman–Crippen LogP) is 4.68. The molecular formula is C21H20N2O4. The minimum atomic E-state index is -0.683. The van der Waals surface area contributed by atoms with Crippen molar-refractivity contribution >= 4 is 23.1 Å². The van der Waals surface area contributed by atoms with Crippen LogP contribution in [0, 0.1) is 15.5 Å². The molecule has 1 aliphatic carbocycles. The lowest BCUT2D eigenvalue weighted by Gasteiger charge is -2.38. The molecule has 1 atom stereocenters. The van der Waals surface area contributed by atoms with Crippen molar-refractivity contribution in [3.05, 3.63) is 69.8 Å². The van der Waals surface area contributed by atoms with Crippen molar-refractivity contribution in [2.45, 2.75) is 38.7 Å². The number of hydrogen-bond acceptors (Lipinski definition) is 5. The third kappa shape index (κ3) is 3.01. The summed E-state index contributed by atoms with van der Waals surface area (Å²) in [5.74, 6) is 0.620. The van der Waals surface area contributed by atoms with Crippen LogP contribution in [0.2, 0.25) is 0 Å². The summed E-state index contributed by atoms with van der Waals surface area (Å²) >= 11 is 0. The molecule has 0 spiro atoms. The maximum atomic E-state index is 12.2. The van der Waals surface area contributed by atoms with E-state index in [1.54, 1.807) is 19.1 Å². The number of non-ortho nitro benzene ring substituents is 1. The van der Waals surface area contributed by atoms with Crippen LogP contribution in [-0.4, -0.2) is 16.6 Å². The Labute approximate surface area is 157 Å². The second-order valence-electron chi connectivity index (χ2n) is 7.58. The molecule has 0 saturated heterocycles. The van der Waals surface area contributed by atoms with Crippen molar-refractivity contribution in [2.75, 3.05) is 0 Å². The predicted molar refractivity (Wildman–Crippen MR) is 101 cm³/mol. The third-order valence-electron chi connectivity index (χ3n) is 5.62. The fourth-order valence-corrected chi connectivity index (χ4v) is 3.85. The van der Waals surface area contributed by atoms with Crippen LogP contribution in [0.15, 0.2) is 53.5 Å². The molecule has 0 bridgehead atoms. The normalized spacial score (nSPS) is 22.2. The van der Waals surface area contributed by atoms with E-state index in [0.717, 1.165) is 24.1 Å². The molecule has 1 fully saturated rings. The summed E-state index contributed by atoms with van der Waals surface area (Å²) in [4.78, 5) is 27.2. The van der Waals surface area contributed by atoms with E-state index in [1.165, 1.54) is 12.1 Å². The summed E-state index contributed by atoms with van der Waals surface area (Å²) in [6, 6.07) is 13.9. The summed E-state index contributed by atoms with van der Waals surface area (Å²) in [6.45, 7) is 3.64. The van der Waals surface area contributed by atoms with Gasteiger partial charge in [-0.1, -0.05) is 18.2 Å². The monoisotopic (exact) mass is 364 g/mol. The molecule has 6 nitrogen and oxygen atoms in total. The van der Waals surface area contributed by atoms with Gasteiger partial charge in [-0.3, -0.25) is 14.9 Å². The average molecular weight is 364 g/mol. The van der Waals surface area contributed by atoms with Crippen LogP contribution in [0.5, 0.6) is 0 Å². The molecule has 1 aliphatic heterocycles. The number of ether oxygens (including phenoxy) is 1. The second-order valence-corrected chi connectivity index (χ2v) is 7.58. The Balaban J connectivity index is 1.74. The van der Waals surface area contributed by atoms with Crippen molar-refractivity contribution in [1.82, 2.24) is 0 Å². The van der Waals surface area contributed by atoms with Crippen molar-refractivity contribution in [3.8, 4) is 0 Å². The van der Waals surface area contributed by atoms with Gasteiger partial charge in [-0.15, -0.1) is 0 Å². The molecule has 1 heterocycles. The van der Waals surface area contributed by atoms with Crippen LogP contribution in [0.25, 0.3) is 0 Å². The van der Waals surface area contributed by atoms with Gasteiger partial charge in [-0.05, 0) is 44.9 Å². The van der Waals surface area contributed by atoms with E-state index in [0.29, 0.717) is 17.9 Å². The Morgan fingerprint density at radius 2 is 1.85 bits per heavy atom. The van der Waals surface area contributed by atoms with Gasteiger partial charge in [-0.25, -0.2) is 4.99 Å². The number of rotatable bonds is 5. The SMILES string of the molecule is CC(=O)C1(CC2(C)OC(c3ccc([N+](=O)[O-])cc3)=Nc3ccccc32)CC1. The first-order chi connectivity index (χ1) is 12.8. The first-order valence-electron chi connectivity index (χ1n) is 8.96. The number of nitro groups is 1. The molecule has 27 heavy (non-hydrogen) atoms. The highest BCUT2D eigenvalue weighted by atomic mass is 16.6. The molecule has 1 unspecified atom stereocenters. The number of Topliss-reactive ketones (excluding diaryl/α,β-unsaturated/α-hetero) is 1. The first kappa shape index (κ1) is 17.4. The largest absolute Gasteiger partial charge is 0.466 e. The molecule has 0 N–H and O–H groups in total. The topological polar surface area (TPSA) is 81.8 Å². The zero-order valence-electron chi connectivity index (χ0n) is 15.3. The Morgan fingerprint density at radius 1 is 1.19 bits per heavy atom. The van der Waals surface area contributed by atoms with Gasteiger partial charge < -0.3 is 4.74 Å². The van der Waals surface area contributed by atoms with Crippen molar-refractivity contribution in [2.24, 2.45) is 10.4 Å². The van der Waals surface area contributed by atoms with Crippen LogP contribution in [0.1, 0.15) is 44.2 Å². The van der Waals surface area contributed by atoms with Crippen LogP contribution < -0.4 is 0 Å². The van der Waals surface area contributed by atoms with E-state index in [4.69, 9.17) is 4.74 Å². The number of ketones is 1. The summed E-state index contributed by atoms with van der Waals surface area (Å²) in [7, 11) is 0. The van der Waals surface area contributed by atoms with Crippen LogP contribution >= 0.6 is 0 Å². The minimum Gasteiger partial charge on any atom is -0.466 e. The minimum absolute atomic E-state index is 0.0202. The first-order valence-corrected chi connectivity index (χ1v) is 8.96. The molecule has 4 rings (SSSR count). The van der Waals surface area contributed by atoms with Gasteiger partial charge in [0.05, 0.1) is 10.6 Å². The number of nitrogens with zero attached hydrogens (tertiary/aromatic N) is 2. The smallest absolute Gasteiger partial charge is 0.269 e. The fourth-order valence-electron chi connectivity index (χ4n) is 3.85. The Hall–Kier alpha value is -3.02. The lowest BCUT2D eigenvalue weighted by atomic mass is 9.81. The molecule has 0 amide bonds. The number of hydrogen-bond donors (Lipinski definition) is 0. The zero-order chi connectivity index (χ0) is 19.2. The molecule has 2 aromatic rings. The summed E-state index contributed by atoms with van der Waals surface area (Å²) in [5, 5.41) is 10.9. The van der Waals surface area contributed by atoms with Gasteiger partial charge in [0.15, 0.2) is 0 Å². The van der Waals surface area contributed by atoms with Gasteiger partial charge in [-0.2, -0.15) is 0 Å². The number of carbonyl (C=O) groups excluding carboxylic acids is 1.